The number of ether oxygens (including phenoxy) is 1. The van der Waals surface area contributed by atoms with Crippen LogP contribution in [0.4, 0.5) is 0 Å². The van der Waals surface area contributed by atoms with Gasteiger partial charge in [-0.15, -0.1) is 0 Å². The third-order valence-corrected chi connectivity index (χ3v) is 7.05. The van der Waals surface area contributed by atoms with Crippen molar-refractivity contribution in [2.45, 2.75) is 44.1 Å². The first-order valence-corrected chi connectivity index (χ1v) is 10.2. The molecule has 7 heteroatoms. The Hall–Kier alpha value is -1.89. The number of hydrogen-bond donors (Lipinski definition) is 1. The summed E-state index contributed by atoms with van der Waals surface area (Å²) in [6.07, 6.45) is 7.38. The van der Waals surface area contributed by atoms with E-state index in [0.29, 0.717) is 37.7 Å². The molecule has 2 heterocycles. The fraction of sp³-hybridized carbons (Fsp3) is 0.750. The van der Waals surface area contributed by atoms with Crippen LogP contribution in [0.3, 0.4) is 0 Å². The lowest BCUT2D eigenvalue weighted by atomic mass is 9.53. The molecule has 1 aliphatic heterocycles. The van der Waals surface area contributed by atoms with Gasteiger partial charge in [-0.05, 0) is 56.3 Å². The molecule has 4 bridgehead atoms. The summed E-state index contributed by atoms with van der Waals surface area (Å²) < 4.78 is 6.85. The Labute approximate surface area is 159 Å². The molecule has 0 radical (unpaired) electrons. The van der Waals surface area contributed by atoms with Crippen LogP contribution in [0.25, 0.3) is 0 Å². The Kier molecular flexibility index (Phi) is 4.04. The standard InChI is InChI=1S/C20H28N4O3/c1-23-17(9-16(22-23)19(26)24-2-4-27-5-3-24)18(25)21-20-10-13-6-14(11-20)8-15(7-13)12-20/h9,13-15H,2-8,10-12H2,1H3,(H,21,25). The maximum absolute atomic E-state index is 13.0. The molecule has 4 aliphatic carbocycles. The van der Waals surface area contributed by atoms with Crippen molar-refractivity contribution in [3.63, 3.8) is 0 Å². The van der Waals surface area contributed by atoms with Gasteiger partial charge in [0.25, 0.3) is 11.8 Å². The lowest BCUT2D eigenvalue weighted by Gasteiger charge is -2.56. The van der Waals surface area contributed by atoms with Crippen molar-refractivity contribution in [1.82, 2.24) is 20.0 Å². The van der Waals surface area contributed by atoms with Crippen LogP contribution in [-0.2, 0) is 11.8 Å². The molecule has 7 nitrogen and oxygen atoms in total. The van der Waals surface area contributed by atoms with Crippen molar-refractivity contribution in [1.29, 1.82) is 0 Å². The van der Waals surface area contributed by atoms with Crippen molar-refractivity contribution < 1.29 is 14.3 Å². The third-order valence-electron chi connectivity index (χ3n) is 7.05. The lowest BCUT2D eigenvalue weighted by Crippen LogP contribution is -2.60. The molecular formula is C20H28N4O3. The largest absolute Gasteiger partial charge is 0.378 e. The average Bonchev–Trinajstić information content (AvgIpc) is 3.02. The van der Waals surface area contributed by atoms with Gasteiger partial charge in [-0.2, -0.15) is 5.10 Å². The number of aryl methyl sites for hydroxylation is 1. The van der Waals surface area contributed by atoms with Gasteiger partial charge in [-0.25, -0.2) is 0 Å². The first kappa shape index (κ1) is 17.2. The van der Waals surface area contributed by atoms with E-state index in [9.17, 15) is 9.59 Å². The van der Waals surface area contributed by atoms with Gasteiger partial charge >= 0.3 is 0 Å². The number of hydrogen-bond acceptors (Lipinski definition) is 4. The fourth-order valence-electron chi connectivity index (χ4n) is 6.28. The van der Waals surface area contributed by atoms with Gasteiger partial charge in [0, 0.05) is 31.7 Å². The Balaban J connectivity index is 1.32. The van der Waals surface area contributed by atoms with Crippen LogP contribution in [0.1, 0.15) is 59.5 Å². The van der Waals surface area contributed by atoms with E-state index in [-0.39, 0.29) is 17.4 Å². The zero-order valence-corrected chi connectivity index (χ0v) is 15.9. The highest BCUT2D eigenvalue weighted by Gasteiger charge is 2.51. The highest BCUT2D eigenvalue weighted by molar-refractivity contribution is 5.98. The molecule has 27 heavy (non-hydrogen) atoms. The average molecular weight is 372 g/mol. The summed E-state index contributed by atoms with van der Waals surface area (Å²) in [6.45, 7) is 2.25. The number of amides is 2. The minimum Gasteiger partial charge on any atom is -0.378 e. The van der Waals surface area contributed by atoms with Crippen LogP contribution in [0.2, 0.25) is 0 Å². The summed E-state index contributed by atoms with van der Waals surface area (Å²) in [6, 6.07) is 1.65. The zero-order chi connectivity index (χ0) is 18.6. The SMILES string of the molecule is Cn1nc(C(=O)N2CCOCC2)cc1C(=O)NC12CC3CC(CC(C3)C1)C2. The lowest BCUT2D eigenvalue weighted by molar-refractivity contribution is -0.0168. The second-order valence-electron chi connectivity index (χ2n) is 9.10. The molecule has 0 unspecified atom stereocenters. The zero-order valence-electron chi connectivity index (χ0n) is 15.9. The number of rotatable bonds is 3. The van der Waals surface area contributed by atoms with Crippen LogP contribution >= 0.6 is 0 Å². The van der Waals surface area contributed by atoms with E-state index in [1.54, 1.807) is 22.7 Å². The molecule has 0 atom stereocenters. The number of morpholine rings is 1. The summed E-state index contributed by atoms with van der Waals surface area (Å²) in [4.78, 5) is 27.4. The van der Waals surface area contributed by atoms with Crippen LogP contribution < -0.4 is 5.32 Å². The smallest absolute Gasteiger partial charge is 0.274 e. The van der Waals surface area contributed by atoms with Crippen LogP contribution in [0, 0.1) is 17.8 Å². The summed E-state index contributed by atoms with van der Waals surface area (Å²) in [7, 11) is 1.74. The molecule has 0 spiro atoms. The molecular weight excluding hydrogens is 344 g/mol. The van der Waals surface area contributed by atoms with Crippen molar-refractivity contribution in [2.24, 2.45) is 24.8 Å². The summed E-state index contributed by atoms with van der Waals surface area (Å²) in [5.74, 6) is 2.13. The van der Waals surface area contributed by atoms with Gasteiger partial charge in [-0.1, -0.05) is 0 Å². The minimum absolute atomic E-state index is 0.0372. The quantitative estimate of drug-likeness (QED) is 0.874. The maximum atomic E-state index is 13.0. The van der Waals surface area contributed by atoms with Crippen molar-refractivity contribution >= 4 is 11.8 Å². The first-order chi connectivity index (χ1) is 13.0. The molecule has 5 aliphatic rings. The van der Waals surface area contributed by atoms with Crippen LogP contribution in [0.15, 0.2) is 6.07 Å². The van der Waals surface area contributed by atoms with Gasteiger partial charge in [0.2, 0.25) is 0 Å². The van der Waals surface area contributed by atoms with Gasteiger partial charge in [0.1, 0.15) is 5.69 Å². The second kappa shape index (κ2) is 6.33. The monoisotopic (exact) mass is 372 g/mol. The van der Waals surface area contributed by atoms with E-state index in [1.165, 1.54) is 19.3 Å². The molecule has 6 rings (SSSR count). The summed E-state index contributed by atoms with van der Waals surface area (Å²) in [5, 5.41) is 7.69. The fourth-order valence-corrected chi connectivity index (χ4v) is 6.28. The van der Waals surface area contributed by atoms with Gasteiger partial charge in [0.15, 0.2) is 5.69 Å². The van der Waals surface area contributed by atoms with Crippen molar-refractivity contribution in [3.05, 3.63) is 17.5 Å². The predicted octanol–water partition coefficient (Wildman–Crippen LogP) is 1.59. The summed E-state index contributed by atoms with van der Waals surface area (Å²) in [5.41, 5.74) is 0.780. The molecule has 1 saturated heterocycles. The molecule has 1 aromatic rings. The minimum atomic E-state index is -0.122. The van der Waals surface area contributed by atoms with E-state index in [0.717, 1.165) is 37.0 Å². The van der Waals surface area contributed by atoms with E-state index in [1.807, 2.05) is 0 Å². The molecule has 5 fully saturated rings. The van der Waals surface area contributed by atoms with Crippen LogP contribution in [-0.4, -0.2) is 58.3 Å². The van der Waals surface area contributed by atoms with E-state index >= 15 is 0 Å². The van der Waals surface area contributed by atoms with Gasteiger partial charge in [-0.3, -0.25) is 14.3 Å². The number of nitrogens with zero attached hydrogens (tertiary/aromatic N) is 3. The normalized spacial score (nSPS) is 34.7. The van der Waals surface area contributed by atoms with Crippen molar-refractivity contribution in [3.8, 4) is 0 Å². The molecule has 2 amide bonds. The highest BCUT2D eigenvalue weighted by Crippen LogP contribution is 2.55. The number of carbonyl (C=O) groups excluding carboxylic acids is 2. The van der Waals surface area contributed by atoms with E-state index in [2.05, 4.69) is 10.4 Å². The maximum Gasteiger partial charge on any atom is 0.274 e. The number of nitrogens with one attached hydrogen (secondary N) is 1. The first-order valence-electron chi connectivity index (χ1n) is 10.2. The predicted molar refractivity (Wildman–Crippen MR) is 98.3 cm³/mol. The molecule has 1 N–H and O–H groups in total. The Morgan fingerprint density at radius 2 is 1.70 bits per heavy atom. The Bertz CT molecular complexity index is 730. The van der Waals surface area contributed by atoms with Crippen molar-refractivity contribution in [2.75, 3.05) is 26.3 Å². The van der Waals surface area contributed by atoms with Gasteiger partial charge in [0.05, 0.1) is 13.2 Å². The highest BCUT2D eigenvalue weighted by atomic mass is 16.5. The molecule has 1 aromatic heterocycles. The van der Waals surface area contributed by atoms with Gasteiger partial charge < -0.3 is 15.0 Å². The molecule has 0 aromatic carbocycles. The second-order valence-corrected chi connectivity index (χ2v) is 9.10. The summed E-state index contributed by atoms with van der Waals surface area (Å²) >= 11 is 0. The Morgan fingerprint density at radius 3 is 2.30 bits per heavy atom. The molecule has 4 saturated carbocycles. The third kappa shape index (κ3) is 3.06. The van der Waals surface area contributed by atoms with E-state index in [4.69, 9.17) is 4.74 Å². The van der Waals surface area contributed by atoms with Crippen LogP contribution in [0.5, 0.6) is 0 Å². The molecule has 146 valence electrons. The topological polar surface area (TPSA) is 76.5 Å². The number of aromatic nitrogens is 2. The van der Waals surface area contributed by atoms with E-state index < -0.39 is 0 Å². The Morgan fingerprint density at radius 1 is 1.11 bits per heavy atom. The number of carbonyl (C=O) groups is 2.